The average molecular weight is 387 g/mol. The molecule has 146 valence electrons. The van der Waals surface area contributed by atoms with Gasteiger partial charge >= 0.3 is 0 Å². The number of nitro groups is 1. The molecule has 0 aromatic heterocycles. The van der Waals surface area contributed by atoms with Gasteiger partial charge in [0, 0.05) is 23.5 Å². The van der Waals surface area contributed by atoms with E-state index in [1.165, 1.54) is 12.1 Å². The second-order valence-electron chi connectivity index (χ2n) is 7.16. The molecule has 0 saturated heterocycles. The number of amides is 1. The third kappa shape index (κ3) is 3.57. The van der Waals surface area contributed by atoms with Crippen LogP contribution in [0.25, 0.3) is 0 Å². The van der Waals surface area contributed by atoms with Crippen LogP contribution in [0.5, 0.6) is 0 Å². The summed E-state index contributed by atoms with van der Waals surface area (Å²) in [7, 11) is 0. The number of carbonyl (C=O) groups is 1. The summed E-state index contributed by atoms with van der Waals surface area (Å²) in [5.74, 6) is -0.351. The molecule has 1 aliphatic rings. The van der Waals surface area contributed by atoms with Gasteiger partial charge in [-0.2, -0.15) is 0 Å². The van der Waals surface area contributed by atoms with Gasteiger partial charge in [-0.25, -0.2) is 0 Å². The summed E-state index contributed by atoms with van der Waals surface area (Å²) in [6.07, 6.45) is 0.693. The molecule has 1 amide bonds. The van der Waals surface area contributed by atoms with Crippen LogP contribution in [0.3, 0.4) is 0 Å². The van der Waals surface area contributed by atoms with Gasteiger partial charge in [-0.3, -0.25) is 14.9 Å². The minimum atomic E-state index is -0.506. The van der Waals surface area contributed by atoms with Crippen LogP contribution in [-0.2, 0) is 0 Å². The summed E-state index contributed by atoms with van der Waals surface area (Å²) < 4.78 is 0. The zero-order chi connectivity index (χ0) is 20.4. The van der Waals surface area contributed by atoms with Crippen molar-refractivity contribution in [2.45, 2.75) is 25.4 Å². The topological polar surface area (TPSA) is 75.5 Å². The van der Waals surface area contributed by atoms with Gasteiger partial charge in [0.1, 0.15) is 5.56 Å². The fourth-order valence-corrected chi connectivity index (χ4v) is 3.94. The van der Waals surface area contributed by atoms with E-state index in [0.29, 0.717) is 6.42 Å². The molecule has 2 atom stereocenters. The number of para-hydroxylation sites is 3. The number of carbonyl (C=O) groups excluding carboxylic acids is 1. The number of benzene rings is 3. The molecule has 0 aliphatic carbocycles. The van der Waals surface area contributed by atoms with E-state index in [2.05, 4.69) is 5.32 Å². The van der Waals surface area contributed by atoms with Crippen LogP contribution < -0.4 is 10.2 Å². The average Bonchev–Trinajstić information content (AvgIpc) is 2.74. The zero-order valence-corrected chi connectivity index (χ0v) is 16.0. The van der Waals surface area contributed by atoms with Crippen LogP contribution >= 0.6 is 0 Å². The van der Waals surface area contributed by atoms with Crippen molar-refractivity contribution in [1.29, 1.82) is 0 Å². The molecule has 0 spiro atoms. The van der Waals surface area contributed by atoms with Crippen LogP contribution in [0.4, 0.5) is 17.1 Å². The highest BCUT2D eigenvalue weighted by Gasteiger charge is 2.36. The van der Waals surface area contributed by atoms with E-state index in [4.69, 9.17) is 0 Å². The van der Waals surface area contributed by atoms with E-state index in [0.717, 1.165) is 16.9 Å². The minimum absolute atomic E-state index is 0.0402. The van der Waals surface area contributed by atoms with E-state index < -0.39 is 4.92 Å². The first-order chi connectivity index (χ1) is 14.1. The van der Waals surface area contributed by atoms with Crippen LogP contribution in [0.2, 0.25) is 0 Å². The smallest absolute Gasteiger partial charge is 0.282 e. The van der Waals surface area contributed by atoms with E-state index in [9.17, 15) is 14.9 Å². The second kappa shape index (κ2) is 7.75. The highest BCUT2D eigenvalue weighted by molar-refractivity contribution is 6.09. The van der Waals surface area contributed by atoms with E-state index >= 15 is 0 Å². The van der Waals surface area contributed by atoms with Gasteiger partial charge in [-0.05, 0) is 43.2 Å². The summed E-state index contributed by atoms with van der Waals surface area (Å²) >= 11 is 0. The lowest BCUT2D eigenvalue weighted by molar-refractivity contribution is -0.385. The molecular formula is C23H21N3O3. The van der Waals surface area contributed by atoms with E-state index in [-0.39, 0.29) is 29.2 Å². The Balaban J connectivity index is 1.73. The quantitative estimate of drug-likeness (QED) is 0.494. The van der Waals surface area contributed by atoms with Crippen molar-refractivity contribution in [2.75, 3.05) is 10.2 Å². The van der Waals surface area contributed by atoms with Gasteiger partial charge in [0.05, 0.1) is 11.0 Å². The summed E-state index contributed by atoms with van der Waals surface area (Å²) in [5, 5.41) is 15.0. The van der Waals surface area contributed by atoms with Crippen molar-refractivity contribution in [1.82, 2.24) is 0 Å². The molecule has 1 aliphatic heterocycles. The van der Waals surface area contributed by atoms with Crippen molar-refractivity contribution in [3.8, 4) is 0 Å². The maximum Gasteiger partial charge on any atom is 0.282 e. The van der Waals surface area contributed by atoms with Gasteiger partial charge in [-0.1, -0.05) is 48.5 Å². The number of hydrogen-bond acceptors (Lipinski definition) is 4. The predicted octanol–water partition coefficient (Wildman–Crippen LogP) is 5.19. The Bertz CT molecular complexity index is 1050. The molecule has 2 unspecified atom stereocenters. The van der Waals surface area contributed by atoms with Gasteiger partial charge < -0.3 is 10.2 Å². The Kier molecular flexibility index (Phi) is 4.99. The number of nitrogens with one attached hydrogen (secondary N) is 1. The molecule has 0 fully saturated rings. The zero-order valence-electron chi connectivity index (χ0n) is 16.0. The monoisotopic (exact) mass is 387 g/mol. The van der Waals surface area contributed by atoms with Gasteiger partial charge in [-0.15, -0.1) is 0 Å². The normalized spacial score (nSPS) is 18.0. The molecule has 0 bridgehead atoms. The van der Waals surface area contributed by atoms with Gasteiger partial charge in [0.15, 0.2) is 0 Å². The Labute approximate surface area is 168 Å². The van der Waals surface area contributed by atoms with Crippen molar-refractivity contribution in [3.63, 3.8) is 0 Å². The van der Waals surface area contributed by atoms with Crippen molar-refractivity contribution in [3.05, 3.63) is 100 Å². The van der Waals surface area contributed by atoms with Crippen LogP contribution in [0, 0.1) is 10.1 Å². The molecular weight excluding hydrogens is 366 g/mol. The van der Waals surface area contributed by atoms with Crippen molar-refractivity contribution >= 4 is 23.0 Å². The molecule has 1 heterocycles. The molecule has 29 heavy (non-hydrogen) atoms. The highest BCUT2D eigenvalue weighted by Crippen LogP contribution is 2.40. The number of fused-ring (bicyclic) bond motifs is 1. The molecule has 1 N–H and O–H groups in total. The first-order valence-electron chi connectivity index (χ1n) is 9.53. The lowest BCUT2D eigenvalue weighted by atomic mass is 9.90. The maximum atomic E-state index is 13.4. The number of nitrogens with zero attached hydrogens (tertiary/aromatic N) is 2. The largest absolute Gasteiger partial charge is 0.378 e. The van der Waals surface area contributed by atoms with Gasteiger partial charge in [0.2, 0.25) is 0 Å². The Morgan fingerprint density at radius 1 is 1.00 bits per heavy atom. The van der Waals surface area contributed by atoms with Crippen LogP contribution in [0.15, 0.2) is 78.9 Å². The maximum absolute atomic E-state index is 13.4. The SMILES string of the molecule is CC1CC(Nc2ccccc2)c2ccccc2N1C(=O)c1ccccc1[N+](=O)[O-]. The predicted molar refractivity (Wildman–Crippen MR) is 113 cm³/mol. The summed E-state index contributed by atoms with van der Waals surface area (Å²) in [5.41, 5.74) is 2.72. The summed E-state index contributed by atoms with van der Waals surface area (Å²) in [4.78, 5) is 26.0. The minimum Gasteiger partial charge on any atom is -0.378 e. The van der Waals surface area contributed by atoms with Crippen molar-refractivity contribution in [2.24, 2.45) is 0 Å². The molecule has 0 radical (unpaired) electrons. The summed E-state index contributed by atoms with van der Waals surface area (Å²) in [6, 6.07) is 23.7. The fraction of sp³-hybridized carbons (Fsp3) is 0.174. The molecule has 6 heteroatoms. The lowest BCUT2D eigenvalue weighted by Crippen LogP contribution is -2.44. The number of rotatable bonds is 4. The first kappa shape index (κ1) is 18.7. The van der Waals surface area contributed by atoms with Crippen molar-refractivity contribution < 1.29 is 9.72 Å². The first-order valence-corrected chi connectivity index (χ1v) is 9.53. The number of anilines is 2. The standard InChI is InChI=1S/C23H21N3O3/c1-16-15-20(24-17-9-3-2-4-10-17)18-11-5-7-13-21(18)25(16)23(27)19-12-6-8-14-22(19)26(28)29/h2-14,16,20,24H,15H2,1H3. The van der Waals surface area contributed by atoms with E-state index in [1.807, 2.05) is 61.5 Å². The third-order valence-electron chi connectivity index (χ3n) is 5.25. The molecule has 4 rings (SSSR count). The number of hydrogen-bond donors (Lipinski definition) is 1. The molecule has 3 aromatic carbocycles. The molecule has 6 nitrogen and oxygen atoms in total. The fourth-order valence-electron chi connectivity index (χ4n) is 3.94. The van der Waals surface area contributed by atoms with E-state index in [1.54, 1.807) is 17.0 Å². The Morgan fingerprint density at radius 2 is 1.66 bits per heavy atom. The lowest BCUT2D eigenvalue weighted by Gasteiger charge is -2.40. The third-order valence-corrected chi connectivity index (χ3v) is 5.25. The Hall–Kier alpha value is -3.67. The van der Waals surface area contributed by atoms with Crippen LogP contribution in [0.1, 0.15) is 35.3 Å². The van der Waals surface area contributed by atoms with Gasteiger partial charge in [0.25, 0.3) is 11.6 Å². The summed E-state index contributed by atoms with van der Waals surface area (Å²) in [6.45, 7) is 1.97. The molecule has 3 aromatic rings. The number of nitro benzene ring substituents is 1. The highest BCUT2D eigenvalue weighted by atomic mass is 16.6. The van der Waals surface area contributed by atoms with Crippen LogP contribution in [-0.4, -0.2) is 16.9 Å². The second-order valence-corrected chi connectivity index (χ2v) is 7.16. The Morgan fingerprint density at radius 3 is 2.41 bits per heavy atom. The molecule has 0 saturated carbocycles.